The number of ether oxygens (including phenoxy) is 3. The first-order chi connectivity index (χ1) is 8.77. The van der Waals surface area contributed by atoms with Gasteiger partial charge in [0, 0.05) is 6.61 Å². The Morgan fingerprint density at radius 2 is 1.94 bits per heavy atom. The Kier molecular flexibility index (Phi) is 6.87. The van der Waals surface area contributed by atoms with Gasteiger partial charge in [0.25, 0.3) is 0 Å². The zero-order chi connectivity index (χ0) is 13.2. The van der Waals surface area contributed by atoms with Crippen molar-refractivity contribution in [3.63, 3.8) is 0 Å². The fraction of sp³-hybridized carbons (Fsp3) is 0.500. The van der Waals surface area contributed by atoms with Crippen LogP contribution in [0.5, 0.6) is 0 Å². The maximum absolute atomic E-state index is 11.4. The van der Waals surface area contributed by atoms with Gasteiger partial charge in [0.2, 0.25) is 0 Å². The molecular formula is C14H20O4. The molecule has 0 bridgehead atoms. The molecule has 1 aromatic rings. The fourth-order valence-corrected chi connectivity index (χ4v) is 1.47. The average molecular weight is 252 g/mol. The predicted octanol–water partition coefficient (Wildman–Crippen LogP) is 3.33. The monoisotopic (exact) mass is 252 g/mol. The number of rotatable bonds is 7. The van der Waals surface area contributed by atoms with E-state index in [0.717, 1.165) is 12.0 Å². The highest BCUT2D eigenvalue weighted by Gasteiger charge is 2.17. The third kappa shape index (κ3) is 5.19. The van der Waals surface area contributed by atoms with Crippen molar-refractivity contribution in [1.29, 1.82) is 0 Å². The van der Waals surface area contributed by atoms with Gasteiger partial charge in [-0.3, -0.25) is 0 Å². The SMILES string of the molecule is CCCOCC(OC(=O)OCC)c1ccccc1. The number of benzene rings is 1. The summed E-state index contributed by atoms with van der Waals surface area (Å²) >= 11 is 0. The van der Waals surface area contributed by atoms with E-state index in [4.69, 9.17) is 14.2 Å². The van der Waals surface area contributed by atoms with Crippen LogP contribution in [0.1, 0.15) is 31.9 Å². The molecule has 0 amide bonds. The summed E-state index contributed by atoms with van der Waals surface area (Å²) in [7, 11) is 0. The fourth-order valence-electron chi connectivity index (χ4n) is 1.47. The highest BCUT2D eigenvalue weighted by molar-refractivity contribution is 5.60. The van der Waals surface area contributed by atoms with Gasteiger partial charge < -0.3 is 14.2 Å². The van der Waals surface area contributed by atoms with Gasteiger partial charge in [0.1, 0.15) is 0 Å². The lowest BCUT2D eigenvalue weighted by Crippen LogP contribution is -2.17. The first-order valence-electron chi connectivity index (χ1n) is 6.24. The minimum absolute atomic E-state index is 0.302. The molecule has 1 atom stereocenters. The summed E-state index contributed by atoms with van der Waals surface area (Å²) in [6.07, 6.45) is -0.149. The molecule has 0 aliphatic rings. The van der Waals surface area contributed by atoms with Crippen LogP contribution in [0.25, 0.3) is 0 Å². The van der Waals surface area contributed by atoms with E-state index in [0.29, 0.717) is 19.8 Å². The number of carbonyl (C=O) groups excluding carboxylic acids is 1. The van der Waals surface area contributed by atoms with Crippen molar-refractivity contribution in [2.24, 2.45) is 0 Å². The maximum atomic E-state index is 11.4. The van der Waals surface area contributed by atoms with Crippen molar-refractivity contribution < 1.29 is 19.0 Å². The molecule has 4 nitrogen and oxygen atoms in total. The van der Waals surface area contributed by atoms with Crippen LogP contribution >= 0.6 is 0 Å². The second-order valence-electron chi connectivity index (χ2n) is 3.78. The summed E-state index contributed by atoms with van der Waals surface area (Å²) in [4.78, 5) is 11.4. The van der Waals surface area contributed by atoms with Crippen LogP contribution in [0.15, 0.2) is 30.3 Å². The van der Waals surface area contributed by atoms with Crippen molar-refractivity contribution in [3.8, 4) is 0 Å². The summed E-state index contributed by atoms with van der Waals surface area (Å²) < 4.78 is 15.5. The molecule has 100 valence electrons. The maximum Gasteiger partial charge on any atom is 0.508 e. The molecule has 0 N–H and O–H groups in total. The molecule has 0 saturated carbocycles. The van der Waals surface area contributed by atoms with Crippen LogP contribution in [0.4, 0.5) is 4.79 Å². The Hall–Kier alpha value is -1.55. The van der Waals surface area contributed by atoms with E-state index < -0.39 is 12.3 Å². The molecule has 0 aliphatic heterocycles. The Morgan fingerprint density at radius 3 is 2.56 bits per heavy atom. The Morgan fingerprint density at radius 1 is 1.22 bits per heavy atom. The Labute approximate surface area is 108 Å². The van der Waals surface area contributed by atoms with E-state index in [2.05, 4.69) is 0 Å². The van der Waals surface area contributed by atoms with Crippen molar-refractivity contribution in [2.75, 3.05) is 19.8 Å². The van der Waals surface area contributed by atoms with Crippen molar-refractivity contribution in [2.45, 2.75) is 26.4 Å². The first-order valence-corrected chi connectivity index (χ1v) is 6.24. The number of hydrogen-bond acceptors (Lipinski definition) is 4. The summed E-state index contributed by atoms with van der Waals surface area (Å²) in [5.74, 6) is 0. The highest BCUT2D eigenvalue weighted by Crippen LogP contribution is 2.18. The largest absolute Gasteiger partial charge is 0.508 e. The van der Waals surface area contributed by atoms with Gasteiger partial charge in [-0.15, -0.1) is 0 Å². The molecule has 0 radical (unpaired) electrons. The van der Waals surface area contributed by atoms with E-state index >= 15 is 0 Å². The quantitative estimate of drug-likeness (QED) is 0.551. The van der Waals surface area contributed by atoms with Crippen LogP contribution in [0.2, 0.25) is 0 Å². The molecule has 0 aromatic heterocycles. The molecule has 0 aliphatic carbocycles. The minimum Gasteiger partial charge on any atom is -0.435 e. The molecule has 0 heterocycles. The first kappa shape index (κ1) is 14.5. The number of carbonyl (C=O) groups is 1. The molecule has 1 rings (SSSR count). The van der Waals surface area contributed by atoms with Gasteiger partial charge in [-0.2, -0.15) is 0 Å². The van der Waals surface area contributed by atoms with Crippen LogP contribution in [-0.4, -0.2) is 26.0 Å². The summed E-state index contributed by atoms with van der Waals surface area (Å²) in [6.45, 7) is 5.07. The van der Waals surface area contributed by atoms with Crippen molar-refractivity contribution >= 4 is 6.16 Å². The molecule has 1 aromatic carbocycles. The zero-order valence-electron chi connectivity index (χ0n) is 10.9. The summed E-state index contributed by atoms with van der Waals surface area (Å²) in [5, 5.41) is 0. The smallest absolute Gasteiger partial charge is 0.435 e. The van der Waals surface area contributed by atoms with Gasteiger partial charge in [-0.1, -0.05) is 37.3 Å². The summed E-state index contributed by atoms with van der Waals surface area (Å²) in [6, 6.07) is 9.52. The van der Waals surface area contributed by atoms with E-state index in [9.17, 15) is 4.79 Å². The second-order valence-corrected chi connectivity index (χ2v) is 3.78. The Balaban J connectivity index is 2.60. The molecule has 18 heavy (non-hydrogen) atoms. The van der Waals surface area contributed by atoms with Crippen molar-refractivity contribution in [1.82, 2.24) is 0 Å². The van der Waals surface area contributed by atoms with E-state index in [1.165, 1.54) is 0 Å². The topological polar surface area (TPSA) is 44.8 Å². The minimum atomic E-state index is -0.661. The van der Waals surface area contributed by atoms with Crippen LogP contribution in [0, 0.1) is 0 Å². The van der Waals surface area contributed by atoms with E-state index in [-0.39, 0.29) is 0 Å². The van der Waals surface area contributed by atoms with Crippen LogP contribution in [-0.2, 0) is 14.2 Å². The highest BCUT2D eigenvalue weighted by atomic mass is 16.7. The van der Waals surface area contributed by atoms with E-state index in [1.54, 1.807) is 6.92 Å². The molecule has 0 fully saturated rings. The lowest BCUT2D eigenvalue weighted by Gasteiger charge is -2.17. The molecule has 0 spiro atoms. The lowest BCUT2D eigenvalue weighted by molar-refractivity contribution is -0.0158. The number of hydrogen-bond donors (Lipinski definition) is 0. The second kappa shape index (κ2) is 8.53. The van der Waals surface area contributed by atoms with Gasteiger partial charge in [-0.05, 0) is 18.9 Å². The van der Waals surface area contributed by atoms with E-state index in [1.807, 2.05) is 37.3 Å². The standard InChI is InChI=1S/C14H20O4/c1-3-10-16-11-13(18-14(15)17-4-2)12-8-6-5-7-9-12/h5-9,13H,3-4,10-11H2,1-2H3. The van der Waals surface area contributed by atoms with Crippen LogP contribution < -0.4 is 0 Å². The molecule has 1 unspecified atom stereocenters. The lowest BCUT2D eigenvalue weighted by atomic mass is 10.1. The van der Waals surface area contributed by atoms with Gasteiger partial charge in [0.15, 0.2) is 6.10 Å². The van der Waals surface area contributed by atoms with Crippen LogP contribution in [0.3, 0.4) is 0 Å². The predicted molar refractivity (Wildman–Crippen MR) is 68.4 cm³/mol. The molecular weight excluding hydrogens is 232 g/mol. The van der Waals surface area contributed by atoms with Gasteiger partial charge in [-0.25, -0.2) is 4.79 Å². The summed E-state index contributed by atoms with van der Waals surface area (Å²) in [5.41, 5.74) is 0.904. The molecule has 4 heteroatoms. The van der Waals surface area contributed by atoms with Crippen molar-refractivity contribution in [3.05, 3.63) is 35.9 Å². The zero-order valence-corrected chi connectivity index (χ0v) is 10.9. The average Bonchev–Trinajstić information content (AvgIpc) is 2.39. The third-order valence-electron chi connectivity index (χ3n) is 2.29. The molecule has 0 saturated heterocycles. The van der Waals surface area contributed by atoms with Gasteiger partial charge in [0.05, 0.1) is 13.2 Å². The third-order valence-corrected chi connectivity index (χ3v) is 2.29. The normalized spacial score (nSPS) is 11.9. The Bertz CT molecular complexity index is 337. The van der Waals surface area contributed by atoms with Gasteiger partial charge >= 0.3 is 6.16 Å².